The zero-order valence-corrected chi connectivity index (χ0v) is 11.1. The largest absolute Gasteiger partial charge is 0.316 e. The highest BCUT2D eigenvalue weighted by Gasteiger charge is 2.13. The van der Waals surface area contributed by atoms with Crippen LogP contribution in [0.1, 0.15) is 12.8 Å². The van der Waals surface area contributed by atoms with Gasteiger partial charge in [0.15, 0.2) is 0 Å². The summed E-state index contributed by atoms with van der Waals surface area (Å²) >= 11 is 1.83. The third kappa shape index (κ3) is 2.82. The van der Waals surface area contributed by atoms with Gasteiger partial charge in [-0.15, -0.1) is 11.8 Å². The van der Waals surface area contributed by atoms with E-state index in [1.807, 2.05) is 42.2 Å². The first-order chi connectivity index (χ1) is 8.92. The second-order valence-corrected chi connectivity index (χ2v) is 5.76. The molecule has 1 saturated heterocycles. The van der Waals surface area contributed by atoms with E-state index in [9.17, 15) is 0 Å². The van der Waals surface area contributed by atoms with Crippen molar-refractivity contribution in [2.45, 2.75) is 17.9 Å². The number of para-hydroxylation sites is 2. The van der Waals surface area contributed by atoms with Crippen LogP contribution in [0.3, 0.4) is 0 Å². The lowest BCUT2D eigenvalue weighted by Crippen LogP contribution is -2.30. The molecule has 1 aromatic carbocycles. The molecule has 94 valence electrons. The number of nitrogens with one attached hydrogen (secondary N) is 1. The van der Waals surface area contributed by atoms with Crippen molar-refractivity contribution in [3.05, 3.63) is 30.5 Å². The van der Waals surface area contributed by atoms with Crippen LogP contribution in [0.4, 0.5) is 0 Å². The lowest BCUT2D eigenvalue weighted by Gasteiger charge is -2.21. The van der Waals surface area contributed by atoms with Gasteiger partial charge < -0.3 is 5.32 Å². The molecule has 0 spiro atoms. The monoisotopic (exact) mass is 259 g/mol. The van der Waals surface area contributed by atoms with E-state index in [0.29, 0.717) is 0 Å². The molecule has 1 fully saturated rings. The highest BCUT2D eigenvalue weighted by atomic mass is 32.2. The summed E-state index contributed by atoms with van der Waals surface area (Å²) in [6.07, 6.45) is 4.53. The number of rotatable bonds is 3. The van der Waals surface area contributed by atoms with E-state index in [-0.39, 0.29) is 0 Å². The number of hydrogen-bond donors (Lipinski definition) is 1. The van der Waals surface area contributed by atoms with Crippen molar-refractivity contribution in [2.24, 2.45) is 5.92 Å². The van der Waals surface area contributed by atoms with Gasteiger partial charge in [0, 0.05) is 5.75 Å². The number of fused-ring (bicyclic) bond motifs is 1. The highest BCUT2D eigenvalue weighted by molar-refractivity contribution is 7.99. The van der Waals surface area contributed by atoms with E-state index >= 15 is 0 Å². The summed E-state index contributed by atoms with van der Waals surface area (Å²) in [6, 6.07) is 8.03. The fourth-order valence-corrected chi connectivity index (χ4v) is 3.26. The Kier molecular flexibility index (Phi) is 3.76. The minimum atomic E-state index is 0.775. The van der Waals surface area contributed by atoms with Gasteiger partial charge in [-0.25, -0.2) is 4.98 Å². The zero-order valence-electron chi connectivity index (χ0n) is 10.3. The Balaban J connectivity index is 1.66. The molecule has 4 heteroatoms. The predicted molar refractivity (Wildman–Crippen MR) is 75.9 cm³/mol. The Hall–Kier alpha value is -1.13. The van der Waals surface area contributed by atoms with E-state index in [1.165, 1.54) is 19.4 Å². The lowest BCUT2D eigenvalue weighted by atomic mass is 10.0. The minimum absolute atomic E-state index is 0.775. The Bertz CT molecular complexity index is 523. The fourth-order valence-electron chi connectivity index (χ4n) is 2.28. The van der Waals surface area contributed by atoms with Gasteiger partial charge in [0.2, 0.25) is 0 Å². The smallest absolute Gasteiger partial charge is 0.115 e. The van der Waals surface area contributed by atoms with Gasteiger partial charge in [-0.2, -0.15) is 0 Å². The van der Waals surface area contributed by atoms with Gasteiger partial charge in [-0.05, 0) is 44.0 Å². The average Bonchev–Trinajstić information content (AvgIpc) is 2.46. The Labute approximate surface area is 111 Å². The third-order valence-electron chi connectivity index (χ3n) is 3.29. The molecule has 3 rings (SSSR count). The number of thioether (sulfide) groups is 1. The first kappa shape index (κ1) is 11.9. The first-order valence-electron chi connectivity index (χ1n) is 6.47. The lowest BCUT2D eigenvalue weighted by molar-refractivity contribution is 0.410. The van der Waals surface area contributed by atoms with Crippen LogP contribution in [0.5, 0.6) is 0 Å². The summed E-state index contributed by atoms with van der Waals surface area (Å²) in [6.45, 7) is 2.32. The molecule has 2 heterocycles. The number of benzene rings is 1. The molecule has 1 unspecified atom stereocenters. The highest BCUT2D eigenvalue weighted by Crippen LogP contribution is 2.23. The first-order valence-corrected chi connectivity index (χ1v) is 7.46. The van der Waals surface area contributed by atoms with Gasteiger partial charge >= 0.3 is 0 Å². The molecule has 1 N–H and O–H groups in total. The molecule has 0 radical (unpaired) electrons. The van der Waals surface area contributed by atoms with Crippen LogP contribution in [0, 0.1) is 5.92 Å². The van der Waals surface area contributed by atoms with Crippen molar-refractivity contribution in [2.75, 3.05) is 18.8 Å². The second-order valence-electron chi connectivity index (χ2n) is 4.72. The third-order valence-corrected chi connectivity index (χ3v) is 4.42. The summed E-state index contributed by atoms with van der Waals surface area (Å²) in [7, 11) is 0. The van der Waals surface area contributed by atoms with E-state index in [2.05, 4.69) is 15.3 Å². The summed E-state index contributed by atoms with van der Waals surface area (Å²) < 4.78 is 0. The molecule has 3 nitrogen and oxygen atoms in total. The number of piperidine rings is 1. The van der Waals surface area contributed by atoms with Crippen LogP contribution in [-0.4, -0.2) is 28.8 Å². The van der Waals surface area contributed by atoms with E-state index < -0.39 is 0 Å². The maximum absolute atomic E-state index is 4.64. The van der Waals surface area contributed by atoms with E-state index in [1.54, 1.807) is 0 Å². The molecule has 0 amide bonds. The predicted octanol–water partition coefficient (Wildman–Crippen LogP) is 2.72. The van der Waals surface area contributed by atoms with Gasteiger partial charge in [0.05, 0.1) is 17.2 Å². The van der Waals surface area contributed by atoms with Gasteiger partial charge in [0.1, 0.15) is 5.03 Å². The van der Waals surface area contributed by atoms with Crippen LogP contribution in [0.15, 0.2) is 35.5 Å². The molecule has 0 bridgehead atoms. The molecule has 18 heavy (non-hydrogen) atoms. The zero-order chi connectivity index (χ0) is 12.2. The summed E-state index contributed by atoms with van der Waals surface area (Å²) in [5.41, 5.74) is 1.96. The molecule has 1 aromatic heterocycles. The maximum atomic E-state index is 4.64. The molecule has 2 aromatic rings. The van der Waals surface area contributed by atoms with Crippen molar-refractivity contribution >= 4 is 22.8 Å². The normalized spacial score (nSPS) is 20.1. The maximum Gasteiger partial charge on any atom is 0.115 e. The van der Waals surface area contributed by atoms with Gasteiger partial charge in [-0.1, -0.05) is 12.1 Å². The molecule has 1 atom stereocenters. The number of aromatic nitrogens is 2. The van der Waals surface area contributed by atoms with Crippen LogP contribution in [0.25, 0.3) is 11.0 Å². The number of nitrogens with zero attached hydrogens (tertiary/aromatic N) is 2. The summed E-state index contributed by atoms with van der Waals surface area (Å²) in [5.74, 6) is 1.91. The molecule has 1 aliphatic heterocycles. The molecule has 0 aliphatic carbocycles. The number of hydrogen-bond acceptors (Lipinski definition) is 4. The quantitative estimate of drug-likeness (QED) is 0.860. The van der Waals surface area contributed by atoms with Crippen LogP contribution in [0.2, 0.25) is 0 Å². The van der Waals surface area contributed by atoms with Crippen LogP contribution >= 0.6 is 11.8 Å². The van der Waals surface area contributed by atoms with Crippen molar-refractivity contribution in [1.29, 1.82) is 0 Å². The average molecular weight is 259 g/mol. The molecule has 1 aliphatic rings. The van der Waals surface area contributed by atoms with E-state index in [0.717, 1.165) is 34.3 Å². The standard InChI is InChI=1S/C14H17N3S/c1-2-6-13-12(5-1)16-9-14(17-13)18-10-11-4-3-7-15-8-11/h1-2,5-6,9,11,15H,3-4,7-8,10H2. The summed E-state index contributed by atoms with van der Waals surface area (Å²) in [4.78, 5) is 9.09. The Morgan fingerprint density at radius 2 is 2.17 bits per heavy atom. The van der Waals surface area contributed by atoms with Crippen molar-refractivity contribution in [1.82, 2.24) is 15.3 Å². The Morgan fingerprint density at radius 3 is 3.00 bits per heavy atom. The minimum Gasteiger partial charge on any atom is -0.316 e. The molecule has 0 saturated carbocycles. The fraction of sp³-hybridized carbons (Fsp3) is 0.429. The van der Waals surface area contributed by atoms with Crippen LogP contribution < -0.4 is 5.32 Å². The molecular weight excluding hydrogens is 242 g/mol. The topological polar surface area (TPSA) is 37.8 Å². The Morgan fingerprint density at radius 1 is 1.28 bits per heavy atom. The second kappa shape index (κ2) is 5.67. The van der Waals surface area contributed by atoms with E-state index in [4.69, 9.17) is 0 Å². The summed E-state index contributed by atoms with van der Waals surface area (Å²) in [5, 5.41) is 4.49. The van der Waals surface area contributed by atoms with Gasteiger partial charge in [0.25, 0.3) is 0 Å². The van der Waals surface area contributed by atoms with Crippen molar-refractivity contribution in [3.63, 3.8) is 0 Å². The van der Waals surface area contributed by atoms with Crippen LogP contribution in [-0.2, 0) is 0 Å². The van der Waals surface area contributed by atoms with Crippen molar-refractivity contribution in [3.8, 4) is 0 Å². The van der Waals surface area contributed by atoms with Crippen molar-refractivity contribution < 1.29 is 0 Å². The SMILES string of the molecule is c1ccc2nc(SCC3CCCNC3)cnc2c1. The van der Waals surface area contributed by atoms with Gasteiger partial charge in [-0.3, -0.25) is 4.98 Å². The molecular formula is C14H17N3S.